The fraction of sp³-hybridized carbons (Fsp3) is 0.222. The summed E-state index contributed by atoms with van der Waals surface area (Å²) in [7, 11) is 1.47. The largest absolute Gasteiger partial charge is 0.495 e. The highest BCUT2D eigenvalue weighted by molar-refractivity contribution is 5.99. The molecule has 0 spiro atoms. The second-order valence-corrected chi connectivity index (χ2v) is 9.10. The first-order valence-corrected chi connectivity index (χ1v) is 11.6. The standard InChI is InChI=1S/C27H23F2N5O4/c1-27(13-35)12-33-26(37-14-27)34-15-8-19(28)24(20(29)9-15)38-22-6-7-31-25-23(22)18(11-32-25)16-4-3-5-21(36-2)17(16)10-30/h3-9,11,35H,12-14H2,1-2H3,(H,31,32)(H,33,34). The van der Waals surface area contributed by atoms with Crippen molar-refractivity contribution in [1.29, 1.82) is 5.26 Å². The van der Waals surface area contributed by atoms with E-state index in [1.54, 1.807) is 24.4 Å². The van der Waals surface area contributed by atoms with Gasteiger partial charge in [-0.25, -0.2) is 18.8 Å². The van der Waals surface area contributed by atoms with Gasteiger partial charge in [0.25, 0.3) is 6.02 Å². The van der Waals surface area contributed by atoms with Gasteiger partial charge in [-0.05, 0) is 12.1 Å². The van der Waals surface area contributed by atoms with Crippen molar-refractivity contribution >= 4 is 22.7 Å². The van der Waals surface area contributed by atoms with Crippen LogP contribution in [0.25, 0.3) is 22.2 Å². The summed E-state index contributed by atoms with van der Waals surface area (Å²) in [6.07, 6.45) is 3.09. The van der Waals surface area contributed by atoms with E-state index in [9.17, 15) is 10.4 Å². The van der Waals surface area contributed by atoms with E-state index in [1.165, 1.54) is 19.4 Å². The molecule has 3 heterocycles. The fourth-order valence-corrected chi connectivity index (χ4v) is 4.10. The number of amidine groups is 1. The van der Waals surface area contributed by atoms with Crippen LogP contribution in [0.15, 0.2) is 53.8 Å². The number of hydrogen-bond donors (Lipinski definition) is 3. The molecule has 0 bridgehead atoms. The van der Waals surface area contributed by atoms with Crippen molar-refractivity contribution in [3.05, 3.63) is 66.0 Å². The van der Waals surface area contributed by atoms with Gasteiger partial charge in [0.05, 0.1) is 25.6 Å². The summed E-state index contributed by atoms with van der Waals surface area (Å²) in [6.45, 7) is 2.23. The summed E-state index contributed by atoms with van der Waals surface area (Å²) in [4.78, 5) is 11.5. The Morgan fingerprint density at radius 1 is 1.21 bits per heavy atom. The molecule has 2 aromatic carbocycles. The molecule has 9 nitrogen and oxygen atoms in total. The maximum atomic E-state index is 15.1. The molecule has 0 fully saturated rings. The van der Waals surface area contributed by atoms with Crippen molar-refractivity contribution in [2.24, 2.45) is 10.4 Å². The number of aromatic amines is 1. The number of ether oxygens (including phenoxy) is 3. The molecule has 194 valence electrons. The average molecular weight is 520 g/mol. The zero-order chi connectivity index (χ0) is 26.9. The number of aliphatic imine (C=N–C) groups is 1. The van der Waals surface area contributed by atoms with Crippen LogP contribution in [0.4, 0.5) is 14.5 Å². The lowest BCUT2D eigenvalue weighted by atomic mass is 9.93. The van der Waals surface area contributed by atoms with Crippen molar-refractivity contribution < 1.29 is 28.1 Å². The summed E-state index contributed by atoms with van der Waals surface area (Å²) in [6, 6.07) is 11.0. The van der Waals surface area contributed by atoms with E-state index in [2.05, 4.69) is 26.3 Å². The molecular formula is C27H23F2N5O4. The van der Waals surface area contributed by atoms with Crippen molar-refractivity contribution in [3.63, 3.8) is 0 Å². The summed E-state index contributed by atoms with van der Waals surface area (Å²) >= 11 is 0. The molecule has 4 aromatic rings. The Hall–Kier alpha value is -4.69. The summed E-state index contributed by atoms with van der Waals surface area (Å²) < 4.78 is 46.7. The Labute approximate surface area is 216 Å². The molecule has 3 N–H and O–H groups in total. The lowest BCUT2D eigenvalue weighted by molar-refractivity contribution is 0.0706. The van der Waals surface area contributed by atoms with Gasteiger partial charge in [-0.15, -0.1) is 0 Å². The summed E-state index contributed by atoms with van der Waals surface area (Å²) in [5.74, 6) is -1.99. The third kappa shape index (κ3) is 4.57. The SMILES string of the molecule is COc1cccc(-c2c[nH]c3nccc(Oc4c(F)cc(NC5=NCC(C)(CO)CO5)cc4F)c23)c1C#N. The van der Waals surface area contributed by atoms with Crippen molar-refractivity contribution in [2.45, 2.75) is 6.92 Å². The lowest BCUT2D eigenvalue weighted by Gasteiger charge is -2.30. The number of aliphatic hydroxyl groups is 1. The van der Waals surface area contributed by atoms with E-state index in [-0.39, 0.29) is 30.7 Å². The maximum absolute atomic E-state index is 15.1. The topological polar surface area (TPSA) is 125 Å². The average Bonchev–Trinajstić information content (AvgIpc) is 3.36. The molecule has 38 heavy (non-hydrogen) atoms. The highest BCUT2D eigenvalue weighted by atomic mass is 19.1. The van der Waals surface area contributed by atoms with Crippen LogP contribution < -0.4 is 14.8 Å². The number of hydrogen-bond acceptors (Lipinski definition) is 8. The van der Waals surface area contributed by atoms with Gasteiger partial charge in [0, 0.05) is 46.8 Å². The first-order valence-electron chi connectivity index (χ1n) is 11.6. The monoisotopic (exact) mass is 519 g/mol. The van der Waals surface area contributed by atoms with Gasteiger partial charge in [-0.1, -0.05) is 19.1 Å². The quantitative estimate of drug-likeness (QED) is 0.328. The molecule has 11 heteroatoms. The van der Waals surface area contributed by atoms with Crippen molar-refractivity contribution in [3.8, 4) is 34.4 Å². The zero-order valence-corrected chi connectivity index (χ0v) is 20.5. The molecule has 0 saturated carbocycles. The third-order valence-electron chi connectivity index (χ3n) is 6.19. The molecule has 0 aliphatic carbocycles. The van der Waals surface area contributed by atoms with Crippen LogP contribution in [0.2, 0.25) is 0 Å². The molecule has 1 aliphatic heterocycles. The first-order chi connectivity index (χ1) is 18.4. The van der Waals surface area contributed by atoms with E-state index in [0.29, 0.717) is 40.0 Å². The van der Waals surface area contributed by atoms with Crippen LogP contribution in [0.1, 0.15) is 12.5 Å². The van der Waals surface area contributed by atoms with Gasteiger partial charge in [-0.2, -0.15) is 5.26 Å². The second kappa shape index (κ2) is 9.99. The Balaban J connectivity index is 1.48. The van der Waals surface area contributed by atoms with Crippen LogP contribution >= 0.6 is 0 Å². The number of fused-ring (bicyclic) bond motifs is 1. The number of nitrogens with one attached hydrogen (secondary N) is 2. The van der Waals surface area contributed by atoms with Gasteiger partial charge < -0.3 is 29.6 Å². The van der Waals surface area contributed by atoms with Crippen LogP contribution in [0, 0.1) is 28.4 Å². The fourth-order valence-electron chi connectivity index (χ4n) is 4.10. The van der Waals surface area contributed by atoms with Gasteiger partial charge in [0.1, 0.15) is 35.4 Å². The molecule has 2 aromatic heterocycles. The van der Waals surface area contributed by atoms with Gasteiger partial charge in [-0.3, -0.25) is 0 Å². The van der Waals surface area contributed by atoms with E-state index < -0.39 is 22.8 Å². The number of nitriles is 1. The molecule has 1 atom stereocenters. The van der Waals surface area contributed by atoms with Gasteiger partial charge in [0.15, 0.2) is 17.4 Å². The molecular weight excluding hydrogens is 496 g/mol. The normalized spacial score (nSPS) is 16.9. The van der Waals surface area contributed by atoms with Gasteiger partial charge >= 0.3 is 0 Å². The number of anilines is 1. The van der Waals surface area contributed by atoms with Crippen LogP contribution in [0.5, 0.6) is 17.2 Å². The first kappa shape index (κ1) is 25.0. The van der Waals surface area contributed by atoms with Crippen LogP contribution in [0.3, 0.4) is 0 Å². The molecule has 0 amide bonds. The van der Waals surface area contributed by atoms with Gasteiger partial charge in [0.2, 0.25) is 0 Å². The van der Waals surface area contributed by atoms with E-state index in [1.807, 2.05) is 6.92 Å². The Morgan fingerprint density at radius 3 is 2.66 bits per heavy atom. The summed E-state index contributed by atoms with van der Waals surface area (Å²) in [5, 5.41) is 22.4. The molecule has 0 radical (unpaired) electrons. The predicted molar refractivity (Wildman–Crippen MR) is 136 cm³/mol. The molecule has 0 saturated heterocycles. The number of methoxy groups -OCH3 is 1. The minimum atomic E-state index is -0.953. The van der Waals surface area contributed by atoms with E-state index >= 15 is 8.78 Å². The molecule has 1 aliphatic rings. The highest BCUT2D eigenvalue weighted by Crippen LogP contribution is 2.40. The van der Waals surface area contributed by atoms with E-state index in [0.717, 1.165) is 12.1 Å². The maximum Gasteiger partial charge on any atom is 0.289 e. The number of nitrogens with zero attached hydrogens (tertiary/aromatic N) is 3. The Bertz CT molecular complexity index is 1570. The number of aromatic nitrogens is 2. The third-order valence-corrected chi connectivity index (χ3v) is 6.19. The minimum Gasteiger partial charge on any atom is -0.495 e. The number of halogens is 2. The van der Waals surface area contributed by atoms with Crippen molar-refractivity contribution in [2.75, 3.05) is 32.2 Å². The smallest absolute Gasteiger partial charge is 0.289 e. The number of aliphatic hydroxyl groups excluding tert-OH is 1. The minimum absolute atomic E-state index is 0.0796. The summed E-state index contributed by atoms with van der Waals surface area (Å²) in [5.41, 5.74) is 1.37. The van der Waals surface area contributed by atoms with Crippen molar-refractivity contribution in [1.82, 2.24) is 9.97 Å². The van der Waals surface area contributed by atoms with Crippen LogP contribution in [-0.4, -0.2) is 48.0 Å². The number of benzene rings is 2. The molecule has 1 unspecified atom stereocenters. The van der Waals surface area contributed by atoms with Crippen LogP contribution in [-0.2, 0) is 4.74 Å². The number of rotatable bonds is 6. The lowest BCUT2D eigenvalue weighted by Crippen LogP contribution is -2.38. The Kier molecular flexibility index (Phi) is 6.57. The highest BCUT2D eigenvalue weighted by Gasteiger charge is 2.29. The zero-order valence-electron chi connectivity index (χ0n) is 20.5. The predicted octanol–water partition coefficient (Wildman–Crippen LogP) is 4.98. The Morgan fingerprint density at radius 2 is 2.00 bits per heavy atom. The van der Waals surface area contributed by atoms with E-state index in [4.69, 9.17) is 14.2 Å². The molecule has 5 rings (SSSR count). The number of pyridine rings is 1. The second-order valence-electron chi connectivity index (χ2n) is 9.10. The number of H-pyrrole nitrogens is 1.